The van der Waals surface area contributed by atoms with Gasteiger partial charge in [-0.05, 0) is 51.5 Å². The van der Waals surface area contributed by atoms with Gasteiger partial charge in [-0.25, -0.2) is 0 Å². The van der Waals surface area contributed by atoms with E-state index in [9.17, 15) is 0 Å². The van der Waals surface area contributed by atoms with E-state index in [1.54, 1.807) is 0 Å². The quantitative estimate of drug-likeness (QED) is 0.811. The number of nitrogens with one attached hydrogen (secondary N) is 1. The van der Waals surface area contributed by atoms with Crippen molar-refractivity contribution in [2.75, 3.05) is 19.7 Å². The van der Waals surface area contributed by atoms with Crippen molar-refractivity contribution in [3.8, 4) is 0 Å². The SMILES string of the molecule is CCCNC1CC2CCC(C1)N2CC1CCCO1. The maximum atomic E-state index is 5.81. The third kappa shape index (κ3) is 2.73. The van der Waals surface area contributed by atoms with Crippen LogP contribution in [0.5, 0.6) is 0 Å². The molecule has 0 aromatic carbocycles. The van der Waals surface area contributed by atoms with Crippen LogP contribution in [0.3, 0.4) is 0 Å². The summed E-state index contributed by atoms with van der Waals surface area (Å²) in [5.74, 6) is 0. The number of hydrogen-bond donors (Lipinski definition) is 1. The zero-order valence-corrected chi connectivity index (χ0v) is 11.7. The van der Waals surface area contributed by atoms with Crippen molar-refractivity contribution in [1.82, 2.24) is 10.2 Å². The molecule has 3 atom stereocenters. The Hall–Kier alpha value is -0.120. The highest BCUT2D eigenvalue weighted by Crippen LogP contribution is 2.36. The molecule has 0 aromatic heterocycles. The monoisotopic (exact) mass is 252 g/mol. The van der Waals surface area contributed by atoms with Crippen LogP contribution in [0.25, 0.3) is 0 Å². The van der Waals surface area contributed by atoms with Gasteiger partial charge >= 0.3 is 0 Å². The molecule has 3 aliphatic heterocycles. The molecular weight excluding hydrogens is 224 g/mol. The van der Waals surface area contributed by atoms with Crippen molar-refractivity contribution >= 4 is 0 Å². The Balaban J connectivity index is 1.52. The number of fused-ring (bicyclic) bond motifs is 2. The molecule has 104 valence electrons. The molecule has 0 aliphatic carbocycles. The number of piperidine rings is 1. The topological polar surface area (TPSA) is 24.5 Å². The van der Waals surface area contributed by atoms with Crippen molar-refractivity contribution in [2.45, 2.75) is 76.1 Å². The van der Waals surface area contributed by atoms with E-state index < -0.39 is 0 Å². The first-order valence-corrected chi connectivity index (χ1v) is 7.97. The van der Waals surface area contributed by atoms with Gasteiger partial charge in [-0.2, -0.15) is 0 Å². The molecule has 3 rings (SSSR count). The Morgan fingerprint density at radius 2 is 1.94 bits per heavy atom. The minimum absolute atomic E-state index is 0.535. The minimum Gasteiger partial charge on any atom is -0.377 e. The van der Waals surface area contributed by atoms with Crippen LogP contribution in [0.15, 0.2) is 0 Å². The van der Waals surface area contributed by atoms with E-state index in [-0.39, 0.29) is 0 Å². The molecule has 0 aromatic rings. The van der Waals surface area contributed by atoms with Crippen LogP contribution >= 0.6 is 0 Å². The van der Waals surface area contributed by atoms with Crippen LogP contribution in [0.2, 0.25) is 0 Å². The van der Waals surface area contributed by atoms with E-state index in [2.05, 4.69) is 17.1 Å². The van der Waals surface area contributed by atoms with Crippen LogP contribution in [-0.4, -0.2) is 48.8 Å². The first-order chi connectivity index (χ1) is 8.86. The van der Waals surface area contributed by atoms with Gasteiger partial charge in [0.25, 0.3) is 0 Å². The number of hydrogen-bond acceptors (Lipinski definition) is 3. The highest BCUT2D eigenvalue weighted by atomic mass is 16.5. The van der Waals surface area contributed by atoms with Gasteiger partial charge in [-0.15, -0.1) is 0 Å². The van der Waals surface area contributed by atoms with Crippen LogP contribution in [0, 0.1) is 0 Å². The van der Waals surface area contributed by atoms with Crippen molar-refractivity contribution in [3.63, 3.8) is 0 Å². The fourth-order valence-electron chi connectivity index (χ4n) is 4.11. The molecule has 3 heteroatoms. The lowest BCUT2D eigenvalue weighted by atomic mass is 9.96. The summed E-state index contributed by atoms with van der Waals surface area (Å²) < 4.78 is 5.81. The van der Waals surface area contributed by atoms with Gasteiger partial charge in [0.15, 0.2) is 0 Å². The summed E-state index contributed by atoms with van der Waals surface area (Å²) in [6, 6.07) is 2.45. The molecule has 18 heavy (non-hydrogen) atoms. The van der Waals surface area contributed by atoms with Gasteiger partial charge in [0.1, 0.15) is 0 Å². The van der Waals surface area contributed by atoms with Crippen molar-refractivity contribution in [2.24, 2.45) is 0 Å². The maximum Gasteiger partial charge on any atom is 0.0703 e. The minimum atomic E-state index is 0.535. The number of ether oxygens (including phenoxy) is 1. The zero-order chi connectivity index (χ0) is 12.4. The van der Waals surface area contributed by atoms with E-state index in [1.165, 1.54) is 58.0 Å². The molecule has 0 saturated carbocycles. The predicted octanol–water partition coefficient (Wildman–Crippen LogP) is 2.16. The molecule has 2 bridgehead atoms. The number of nitrogens with zero attached hydrogens (tertiary/aromatic N) is 1. The summed E-state index contributed by atoms with van der Waals surface area (Å²) in [6.45, 7) is 5.65. The average molecular weight is 252 g/mol. The fraction of sp³-hybridized carbons (Fsp3) is 1.00. The van der Waals surface area contributed by atoms with E-state index in [4.69, 9.17) is 4.74 Å². The molecule has 3 saturated heterocycles. The summed E-state index contributed by atoms with van der Waals surface area (Å²) >= 11 is 0. The lowest BCUT2D eigenvalue weighted by Crippen LogP contribution is -2.51. The second-order valence-corrected chi connectivity index (χ2v) is 6.34. The van der Waals surface area contributed by atoms with Crippen LogP contribution in [0.4, 0.5) is 0 Å². The highest BCUT2D eigenvalue weighted by Gasteiger charge is 2.41. The Morgan fingerprint density at radius 3 is 2.56 bits per heavy atom. The first-order valence-electron chi connectivity index (χ1n) is 7.97. The molecule has 0 radical (unpaired) electrons. The summed E-state index contributed by atoms with van der Waals surface area (Å²) in [7, 11) is 0. The van der Waals surface area contributed by atoms with E-state index in [0.29, 0.717) is 6.10 Å². The van der Waals surface area contributed by atoms with Gasteiger partial charge in [0.2, 0.25) is 0 Å². The third-order valence-electron chi connectivity index (χ3n) is 5.01. The van der Waals surface area contributed by atoms with E-state index >= 15 is 0 Å². The number of rotatable bonds is 5. The first kappa shape index (κ1) is 12.9. The average Bonchev–Trinajstić information content (AvgIpc) is 2.95. The smallest absolute Gasteiger partial charge is 0.0703 e. The van der Waals surface area contributed by atoms with Crippen molar-refractivity contribution < 1.29 is 4.74 Å². The lowest BCUT2D eigenvalue weighted by Gasteiger charge is -2.40. The molecule has 3 unspecified atom stereocenters. The fourth-order valence-corrected chi connectivity index (χ4v) is 4.11. The molecule has 0 amide bonds. The largest absolute Gasteiger partial charge is 0.377 e. The second-order valence-electron chi connectivity index (χ2n) is 6.34. The standard InChI is InChI=1S/C15H28N2O/c1-2-7-16-12-9-13-5-6-14(10-12)17(13)11-15-4-3-8-18-15/h12-16H,2-11H2,1H3. The van der Waals surface area contributed by atoms with Gasteiger partial charge in [-0.1, -0.05) is 6.92 Å². The summed E-state index contributed by atoms with van der Waals surface area (Å²) in [4.78, 5) is 2.78. The predicted molar refractivity (Wildman–Crippen MR) is 73.8 cm³/mol. The van der Waals surface area contributed by atoms with E-state index in [1.807, 2.05) is 0 Å². The molecule has 3 aliphatic rings. The van der Waals surface area contributed by atoms with Crippen LogP contribution in [0.1, 0.15) is 51.9 Å². The summed E-state index contributed by atoms with van der Waals surface area (Å²) in [5, 5.41) is 3.73. The second kappa shape index (κ2) is 5.89. The van der Waals surface area contributed by atoms with Gasteiger partial charge in [0, 0.05) is 31.3 Å². The third-order valence-corrected chi connectivity index (χ3v) is 5.01. The van der Waals surface area contributed by atoms with Gasteiger partial charge in [0.05, 0.1) is 6.10 Å². The highest BCUT2D eigenvalue weighted by molar-refractivity contribution is 4.98. The van der Waals surface area contributed by atoms with Crippen molar-refractivity contribution in [3.05, 3.63) is 0 Å². The Kier molecular flexibility index (Phi) is 4.22. The molecule has 3 heterocycles. The normalized spacial score (nSPS) is 40.5. The van der Waals surface area contributed by atoms with Crippen molar-refractivity contribution in [1.29, 1.82) is 0 Å². The van der Waals surface area contributed by atoms with Gasteiger partial charge < -0.3 is 10.1 Å². The molecule has 3 fully saturated rings. The van der Waals surface area contributed by atoms with Gasteiger partial charge in [-0.3, -0.25) is 4.90 Å². The maximum absolute atomic E-state index is 5.81. The lowest BCUT2D eigenvalue weighted by molar-refractivity contribution is 0.0337. The van der Waals surface area contributed by atoms with Crippen LogP contribution < -0.4 is 5.32 Å². The molecule has 1 N–H and O–H groups in total. The Morgan fingerprint density at radius 1 is 1.17 bits per heavy atom. The molecular formula is C15H28N2O. The summed E-state index contributed by atoms with van der Waals surface area (Å²) in [6.07, 6.45) is 9.91. The summed E-state index contributed by atoms with van der Waals surface area (Å²) in [5.41, 5.74) is 0. The molecule has 0 spiro atoms. The van der Waals surface area contributed by atoms with Crippen LogP contribution in [-0.2, 0) is 4.74 Å². The molecule has 3 nitrogen and oxygen atoms in total. The van der Waals surface area contributed by atoms with E-state index in [0.717, 1.165) is 24.7 Å². The Bertz CT molecular complexity index is 251. The Labute approximate surface area is 111 Å². The zero-order valence-electron chi connectivity index (χ0n) is 11.7.